The van der Waals surface area contributed by atoms with Gasteiger partial charge in [0.1, 0.15) is 0 Å². The average molecular weight is 250 g/mol. The van der Waals surface area contributed by atoms with Crippen LogP contribution in [-0.4, -0.2) is 31.3 Å². The quantitative estimate of drug-likeness (QED) is 0.731. The zero-order chi connectivity index (χ0) is 13.2. The largest absolute Gasteiger partial charge is 0.385 e. The van der Waals surface area contributed by atoms with E-state index in [1.54, 1.807) is 7.11 Å². The molecular weight excluding hydrogens is 224 g/mol. The molecule has 0 spiro atoms. The molecule has 102 valence electrons. The number of aromatic nitrogens is 1. The second-order valence-electron chi connectivity index (χ2n) is 4.82. The third-order valence-corrected chi connectivity index (χ3v) is 3.42. The Labute approximate surface area is 111 Å². The standard InChI is InChI=1S/C15H26N2O/c1-4-17-15(13(2)9-12-18-3)6-5-14-7-10-16-11-8-14/h7-8,10-11,13,15,17H,4-6,9,12H2,1-3H3. The summed E-state index contributed by atoms with van der Waals surface area (Å²) < 4.78 is 5.17. The van der Waals surface area contributed by atoms with Crippen LogP contribution in [-0.2, 0) is 11.2 Å². The van der Waals surface area contributed by atoms with E-state index in [0.717, 1.165) is 26.0 Å². The lowest BCUT2D eigenvalue weighted by molar-refractivity contribution is 0.169. The van der Waals surface area contributed by atoms with Crippen molar-refractivity contribution in [1.82, 2.24) is 10.3 Å². The van der Waals surface area contributed by atoms with E-state index in [1.165, 1.54) is 12.0 Å². The summed E-state index contributed by atoms with van der Waals surface area (Å²) in [5.41, 5.74) is 1.37. The van der Waals surface area contributed by atoms with Crippen LogP contribution in [0.25, 0.3) is 0 Å². The van der Waals surface area contributed by atoms with Crippen LogP contribution in [0.3, 0.4) is 0 Å². The molecule has 3 nitrogen and oxygen atoms in total. The fourth-order valence-electron chi connectivity index (χ4n) is 2.23. The number of pyridine rings is 1. The first-order valence-corrected chi connectivity index (χ1v) is 6.89. The van der Waals surface area contributed by atoms with Gasteiger partial charge in [0.15, 0.2) is 0 Å². The highest BCUT2D eigenvalue weighted by Gasteiger charge is 2.15. The minimum atomic E-state index is 0.568. The van der Waals surface area contributed by atoms with Crippen LogP contribution in [0.15, 0.2) is 24.5 Å². The maximum absolute atomic E-state index is 5.17. The van der Waals surface area contributed by atoms with Crippen LogP contribution in [0.5, 0.6) is 0 Å². The summed E-state index contributed by atoms with van der Waals surface area (Å²) in [7, 11) is 1.77. The molecule has 1 heterocycles. The van der Waals surface area contributed by atoms with Crippen molar-refractivity contribution in [3.05, 3.63) is 30.1 Å². The van der Waals surface area contributed by atoms with Crippen LogP contribution < -0.4 is 5.32 Å². The molecule has 1 N–H and O–H groups in total. The van der Waals surface area contributed by atoms with Gasteiger partial charge in [-0.2, -0.15) is 0 Å². The van der Waals surface area contributed by atoms with Gasteiger partial charge in [-0.25, -0.2) is 0 Å². The first kappa shape index (κ1) is 15.1. The molecule has 0 saturated heterocycles. The molecule has 0 amide bonds. The monoisotopic (exact) mass is 250 g/mol. The lowest BCUT2D eigenvalue weighted by Gasteiger charge is -2.24. The Balaban J connectivity index is 2.41. The van der Waals surface area contributed by atoms with Gasteiger partial charge in [0, 0.05) is 32.2 Å². The van der Waals surface area contributed by atoms with Gasteiger partial charge in [0.05, 0.1) is 0 Å². The van der Waals surface area contributed by atoms with E-state index in [4.69, 9.17) is 4.74 Å². The summed E-state index contributed by atoms with van der Waals surface area (Å²) in [6.07, 6.45) is 7.13. The van der Waals surface area contributed by atoms with E-state index in [2.05, 4.69) is 36.3 Å². The normalized spacial score (nSPS) is 14.4. The van der Waals surface area contributed by atoms with Crippen LogP contribution in [0.4, 0.5) is 0 Å². The molecule has 2 unspecified atom stereocenters. The number of methoxy groups -OCH3 is 1. The fourth-order valence-corrected chi connectivity index (χ4v) is 2.23. The Morgan fingerprint density at radius 2 is 2.00 bits per heavy atom. The second-order valence-corrected chi connectivity index (χ2v) is 4.82. The molecule has 1 aromatic heterocycles. The van der Waals surface area contributed by atoms with Gasteiger partial charge in [0.25, 0.3) is 0 Å². The highest BCUT2D eigenvalue weighted by Crippen LogP contribution is 2.14. The number of hydrogen-bond donors (Lipinski definition) is 1. The molecule has 3 heteroatoms. The minimum absolute atomic E-state index is 0.568. The van der Waals surface area contributed by atoms with Crippen molar-refractivity contribution in [2.24, 2.45) is 5.92 Å². The van der Waals surface area contributed by atoms with Crippen molar-refractivity contribution in [3.8, 4) is 0 Å². The maximum Gasteiger partial charge on any atom is 0.0465 e. The Bertz CT molecular complexity index is 303. The van der Waals surface area contributed by atoms with Crippen LogP contribution in [0, 0.1) is 5.92 Å². The predicted octanol–water partition coefficient (Wildman–Crippen LogP) is 2.66. The number of nitrogens with zero attached hydrogens (tertiary/aromatic N) is 1. The molecule has 0 aromatic carbocycles. The van der Waals surface area contributed by atoms with Gasteiger partial charge in [-0.1, -0.05) is 13.8 Å². The molecule has 0 fully saturated rings. The summed E-state index contributed by atoms with van der Waals surface area (Å²) >= 11 is 0. The summed E-state index contributed by atoms with van der Waals surface area (Å²) in [5, 5.41) is 3.59. The molecule has 0 saturated carbocycles. The molecule has 0 aliphatic heterocycles. The molecule has 0 aliphatic carbocycles. The number of hydrogen-bond acceptors (Lipinski definition) is 3. The summed E-state index contributed by atoms with van der Waals surface area (Å²) in [4.78, 5) is 4.05. The van der Waals surface area contributed by atoms with Crippen LogP contribution in [0.2, 0.25) is 0 Å². The van der Waals surface area contributed by atoms with E-state index in [-0.39, 0.29) is 0 Å². The van der Waals surface area contributed by atoms with E-state index in [0.29, 0.717) is 12.0 Å². The van der Waals surface area contributed by atoms with Crippen LogP contribution >= 0.6 is 0 Å². The Kier molecular flexibility index (Phi) is 7.62. The molecule has 0 aliphatic rings. The minimum Gasteiger partial charge on any atom is -0.385 e. The molecule has 1 aromatic rings. The number of rotatable bonds is 9. The highest BCUT2D eigenvalue weighted by molar-refractivity contribution is 5.09. The van der Waals surface area contributed by atoms with Gasteiger partial charge in [-0.05, 0) is 49.4 Å². The van der Waals surface area contributed by atoms with Crippen molar-refractivity contribution < 1.29 is 4.74 Å². The Morgan fingerprint density at radius 1 is 1.28 bits per heavy atom. The topological polar surface area (TPSA) is 34.2 Å². The van der Waals surface area contributed by atoms with E-state index in [1.807, 2.05) is 12.4 Å². The lowest BCUT2D eigenvalue weighted by atomic mass is 9.93. The first-order valence-electron chi connectivity index (χ1n) is 6.89. The number of aryl methyl sites for hydroxylation is 1. The Hall–Kier alpha value is -0.930. The molecule has 2 atom stereocenters. The van der Waals surface area contributed by atoms with Crippen LogP contribution in [0.1, 0.15) is 32.3 Å². The summed E-state index contributed by atoms with van der Waals surface area (Å²) in [6, 6.07) is 4.77. The highest BCUT2D eigenvalue weighted by atomic mass is 16.5. The molecule has 0 bridgehead atoms. The van der Waals surface area contributed by atoms with E-state index < -0.39 is 0 Å². The summed E-state index contributed by atoms with van der Waals surface area (Å²) in [5.74, 6) is 0.645. The van der Waals surface area contributed by atoms with Gasteiger partial charge in [-0.15, -0.1) is 0 Å². The van der Waals surface area contributed by atoms with E-state index in [9.17, 15) is 0 Å². The predicted molar refractivity (Wildman–Crippen MR) is 75.7 cm³/mol. The maximum atomic E-state index is 5.17. The molecule has 0 radical (unpaired) electrons. The van der Waals surface area contributed by atoms with Crippen molar-refractivity contribution >= 4 is 0 Å². The van der Waals surface area contributed by atoms with Crippen molar-refractivity contribution in [1.29, 1.82) is 0 Å². The van der Waals surface area contributed by atoms with Crippen molar-refractivity contribution in [3.63, 3.8) is 0 Å². The molecule has 18 heavy (non-hydrogen) atoms. The number of ether oxygens (including phenoxy) is 1. The van der Waals surface area contributed by atoms with Crippen molar-refractivity contribution in [2.75, 3.05) is 20.3 Å². The SMILES string of the molecule is CCNC(CCc1ccncc1)C(C)CCOC. The van der Waals surface area contributed by atoms with Crippen molar-refractivity contribution in [2.45, 2.75) is 39.2 Å². The zero-order valence-electron chi connectivity index (χ0n) is 11.9. The molecular formula is C15H26N2O. The van der Waals surface area contributed by atoms with Gasteiger partial charge < -0.3 is 10.1 Å². The molecule has 1 rings (SSSR count). The first-order chi connectivity index (χ1) is 8.77. The summed E-state index contributed by atoms with van der Waals surface area (Å²) in [6.45, 7) is 6.35. The average Bonchev–Trinajstić information content (AvgIpc) is 2.42. The third kappa shape index (κ3) is 5.61. The Morgan fingerprint density at radius 3 is 2.61 bits per heavy atom. The number of nitrogens with one attached hydrogen (secondary N) is 1. The fraction of sp³-hybridized carbons (Fsp3) is 0.667. The third-order valence-electron chi connectivity index (χ3n) is 3.42. The van der Waals surface area contributed by atoms with Gasteiger partial charge >= 0.3 is 0 Å². The van der Waals surface area contributed by atoms with Gasteiger partial charge in [-0.3, -0.25) is 4.98 Å². The lowest BCUT2D eigenvalue weighted by Crippen LogP contribution is -2.35. The zero-order valence-corrected chi connectivity index (χ0v) is 11.9. The van der Waals surface area contributed by atoms with E-state index >= 15 is 0 Å². The second kappa shape index (κ2) is 9.06. The smallest absolute Gasteiger partial charge is 0.0465 e. The van der Waals surface area contributed by atoms with Gasteiger partial charge in [0.2, 0.25) is 0 Å².